The maximum atomic E-state index is 11.6. The predicted octanol–water partition coefficient (Wildman–Crippen LogP) is 0.254. The van der Waals surface area contributed by atoms with Crippen LogP contribution in [-0.4, -0.2) is 36.2 Å². The molecule has 19 heavy (non-hydrogen) atoms. The van der Waals surface area contributed by atoms with Crippen molar-refractivity contribution in [2.45, 2.75) is 32.9 Å². The van der Waals surface area contributed by atoms with Gasteiger partial charge in [0.25, 0.3) is 0 Å². The van der Waals surface area contributed by atoms with Gasteiger partial charge in [0.05, 0.1) is 13.1 Å². The molecule has 0 radical (unpaired) electrons. The van der Waals surface area contributed by atoms with Crippen molar-refractivity contribution in [3.05, 3.63) is 18.0 Å². The highest BCUT2D eigenvalue weighted by atomic mass is 16.5. The zero-order chi connectivity index (χ0) is 14.3. The Morgan fingerprint density at radius 2 is 2.16 bits per heavy atom. The summed E-state index contributed by atoms with van der Waals surface area (Å²) in [5, 5.41) is 12.6. The molecule has 0 bridgehead atoms. The van der Waals surface area contributed by atoms with Gasteiger partial charge in [-0.2, -0.15) is 0 Å². The Bertz CT molecular complexity index is 420. The molecule has 0 aliphatic rings. The summed E-state index contributed by atoms with van der Waals surface area (Å²) in [6, 6.07) is 1.76. The van der Waals surface area contributed by atoms with E-state index in [-0.39, 0.29) is 18.0 Å². The van der Waals surface area contributed by atoms with Gasteiger partial charge in [0.2, 0.25) is 5.91 Å². The Hall–Kier alpha value is -2.05. The SMILES string of the molecule is CN=C(NCC(=O)NC(C)(C)C)NCc1ccon1. The van der Waals surface area contributed by atoms with Crippen LogP contribution in [0, 0.1) is 0 Å². The van der Waals surface area contributed by atoms with Crippen molar-refractivity contribution < 1.29 is 9.32 Å². The molecule has 0 spiro atoms. The zero-order valence-corrected chi connectivity index (χ0v) is 11.8. The number of carbonyl (C=O) groups excluding carboxylic acids is 1. The Morgan fingerprint density at radius 3 is 2.68 bits per heavy atom. The van der Waals surface area contributed by atoms with Gasteiger partial charge in [-0.3, -0.25) is 9.79 Å². The van der Waals surface area contributed by atoms with E-state index >= 15 is 0 Å². The number of aliphatic imine (C=N–C) groups is 1. The van der Waals surface area contributed by atoms with Gasteiger partial charge in [0.15, 0.2) is 5.96 Å². The van der Waals surface area contributed by atoms with Crippen LogP contribution in [0.1, 0.15) is 26.5 Å². The lowest BCUT2D eigenvalue weighted by Gasteiger charge is -2.21. The molecule has 0 atom stereocenters. The molecule has 0 aliphatic heterocycles. The summed E-state index contributed by atoms with van der Waals surface area (Å²) in [7, 11) is 1.64. The molecule has 0 unspecified atom stereocenters. The average Bonchev–Trinajstić information content (AvgIpc) is 2.80. The minimum Gasteiger partial charge on any atom is -0.364 e. The first kappa shape index (κ1) is 15.0. The van der Waals surface area contributed by atoms with E-state index < -0.39 is 0 Å². The van der Waals surface area contributed by atoms with Gasteiger partial charge in [-0.1, -0.05) is 5.16 Å². The van der Waals surface area contributed by atoms with E-state index in [1.807, 2.05) is 20.8 Å². The number of hydrogen-bond acceptors (Lipinski definition) is 4. The van der Waals surface area contributed by atoms with Crippen LogP contribution in [0.2, 0.25) is 0 Å². The van der Waals surface area contributed by atoms with Crippen molar-refractivity contribution >= 4 is 11.9 Å². The van der Waals surface area contributed by atoms with Crippen molar-refractivity contribution in [1.29, 1.82) is 0 Å². The smallest absolute Gasteiger partial charge is 0.239 e. The summed E-state index contributed by atoms with van der Waals surface area (Å²) in [5.74, 6) is 0.448. The van der Waals surface area contributed by atoms with E-state index in [0.717, 1.165) is 5.69 Å². The number of guanidine groups is 1. The molecule has 7 heteroatoms. The highest BCUT2D eigenvalue weighted by Crippen LogP contribution is 1.97. The third-order valence-corrected chi connectivity index (χ3v) is 2.08. The number of aromatic nitrogens is 1. The first-order valence-corrected chi connectivity index (χ1v) is 6.05. The van der Waals surface area contributed by atoms with Crippen LogP contribution in [-0.2, 0) is 11.3 Å². The van der Waals surface area contributed by atoms with E-state index in [2.05, 4.69) is 26.1 Å². The van der Waals surface area contributed by atoms with Crippen molar-refractivity contribution in [3.8, 4) is 0 Å². The van der Waals surface area contributed by atoms with Gasteiger partial charge in [-0.25, -0.2) is 0 Å². The van der Waals surface area contributed by atoms with E-state index in [0.29, 0.717) is 12.5 Å². The Balaban J connectivity index is 2.31. The lowest BCUT2D eigenvalue weighted by atomic mass is 10.1. The van der Waals surface area contributed by atoms with Crippen LogP contribution >= 0.6 is 0 Å². The highest BCUT2D eigenvalue weighted by molar-refractivity contribution is 5.86. The largest absolute Gasteiger partial charge is 0.364 e. The van der Waals surface area contributed by atoms with Gasteiger partial charge in [0, 0.05) is 18.7 Å². The molecule has 0 fully saturated rings. The summed E-state index contributed by atoms with van der Waals surface area (Å²) in [6.45, 7) is 6.44. The molecule has 106 valence electrons. The molecule has 3 N–H and O–H groups in total. The molecule has 1 amide bonds. The predicted molar refractivity (Wildman–Crippen MR) is 72.6 cm³/mol. The molecule has 7 nitrogen and oxygen atoms in total. The van der Waals surface area contributed by atoms with Crippen molar-refractivity contribution in [2.75, 3.05) is 13.6 Å². The molecular formula is C12H21N5O2. The van der Waals surface area contributed by atoms with Gasteiger partial charge >= 0.3 is 0 Å². The van der Waals surface area contributed by atoms with Crippen LogP contribution in [0.3, 0.4) is 0 Å². The fourth-order valence-corrected chi connectivity index (χ4v) is 1.35. The van der Waals surface area contributed by atoms with Crippen LogP contribution in [0.15, 0.2) is 21.8 Å². The Kier molecular flexibility index (Phi) is 5.35. The number of hydrogen-bond donors (Lipinski definition) is 3. The monoisotopic (exact) mass is 267 g/mol. The van der Waals surface area contributed by atoms with E-state index in [4.69, 9.17) is 4.52 Å². The summed E-state index contributed by atoms with van der Waals surface area (Å²) < 4.78 is 4.72. The third kappa shape index (κ3) is 6.44. The quantitative estimate of drug-likeness (QED) is 0.537. The van der Waals surface area contributed by atoms with Gasteiger partial charge in [0.1, 0.15) is 12.0 Å². The highest BCUT2D eigenvalue weighted by Gasteiger charge is 2.13. The molecule has 1 rings (SSSR count). The summed E-state index contributed by atoms with van der Waals surface area (Å²) in [6.07, 6.45) is 1.50. The van der Waals surface area contributed by atoms with Crippen LogP contribution in [0.5, 0.6) is 0 Å². The second kappa shape index (κ2) is 6.77. The number of nitrogens with one attached hydrogen (secondary N) is 3. The van der Waals surface area contributed by atoms with Gasteiger partial charge in [-0.15, -0.1) is 0 Å². The standard InChI is InChI=1S/C12H21N5O2/c1-12(2,3)16-10(18)8-15-11(13-4)14-7-9-5-6-19-17-9/h5-6H,7-8H2,1-4H3,(H,16,18)(H2,13,14,15). The maximum Gasteiger partial charge on any atom is 0.239 e. The fraction of sp³-hybridized carbons (Fsp3) is 0.583. The fourth-order valence-electron chi connectivity index (χ4n) is 1.35. The molecule has 0 aliphatic carbocycles. The summed E-state index contributed by atoms with van der Waals surface area (Å²) in [5.41, 5.74) is 0.526. The molecular weight excluding hydrogens is 246 g/mol. The number of nitrogens with zero attached hydrogens (tertiary/aromatic N) is 2. The van der Waals surface area contributed by atoms with E-state index in [9.17, 15) is 4.79 Å². The number of carbonyl (C=O) groups is 1. The first-order chi connectivity index (χ1) is 8.90. The van der Waals surface area contributed by atoms with Crippen molar-refractivity contribution in [3.63, 3.8) is 0 Å². The van der Waals surface area contributed by atoms with Crippen LogP contribution in [0.25, 0.3) is 0 Å². The number of rotatable bonds is 4. The maximum absolute atomic E-state index is 11.6. The van der Waals surface area contributed by atoms with Gasteiger partial charge < -0.3 is 20.5 Å². The molecule has 0 saturated heterocycles. The van der Waals surface area contributed by atoms with E-state index in [1.165, 1.54) is 6.26 Å². The average molecular weight is 267 g/mol. The lowest BCUT2D eigenvalue weighted by Crippen LogP contribution is -2.48. The normalized spacial score (nSPS) is 12.1. The van der Waals surface area contributed by atoms with Crippen LogP contribution < -0.4 is 16.0 Å². The summed E-state index contributed by atoms with van der Waals surface area (Å²) in [4.78, 5) is 15.6. The number of amides is 1. The third-order valence-electron chi connectivity index (χ3n) is 2.08. The van der Waals surface area contributed by atoms with Crippen LogP contribution in [0.4, 0.5) is 0 Å². The van der Waals surface area contributed by atoms with Crippen molar-refractivity contribution in [1.82, 2.24) is 21.1 Å². The Morgan fingerprint density at radius 1 is 1.42 bits per heavy atom. The molecule has 1 aromatic heterocycles. The summed E-state index contributed by atoms with van der Waals surface area (Å²) >= 11 is 0. The molecule has 1 aromatic rings. The van der Waals surface area contributed by atoms with Gasteiger partial charge in [-0.05, 0) is 20.8 Å². The lowest BCUT2D eigenvalue weighted by molar-refractivity contribution is -0.121. The van der Waals surface area contributed by atoms with Crippen molar-refractivity contribution in [2.24, 2.45) is 4.99 Å². The second-order valence-corrected chi connectivity index (χ2v) is 5.07. The molecule has 0 aromatic carbocycles. The molecule has 0 saturated carbocycles. The minimum absolute atomic E-state index is 0.0862. The zero-order valence-electron chi connectivity index (χ0n) is 11.8. The van der Waals surface area contributed by atoms with E-state index in [1.54, 1.807) is 13.1 Å². The molecule has 1 heterocycles. The first-order valence-electron chi connectivity index (χ1n) is 6.05. The minimum atomic E-state index is -0.240. The Labute approximate surface area is 112 Å². The topological polar surface area (TPSA) is 91.5 Å². The second-order valence-electron chi connectivity index (χ2n) is 5.07.